The predicted molar refractivity (Wildman–Crippen MR) is 80.2 cm³/mol. The molecule has 2 rings (SSSR count). The Kier molecular flexibility index (Phi) is 4.67. The Morgan fingerprint density at radius 2 is 2.38 bits per heavy atom. The van der Waals surface area contributed by atoms with E-state index in [1.54, 1.807) is 23.1 Å². The van der Waals surface area contributed by atoms with Gasteiger partial charge in [-0.25, -0.2) is 0 Å². The van der Waals surface area contributed by atoms with Gasteiger partial charge in [-0.15, -0.1) is 0 Å². The molecule has 2 amide bonds. The summed E-state index contributed by atoms with van der Waals surface area (Å²) in [5.74, 6) is -0.227. The molecule has 0 aliphatic carbocycles. The maximum absolute atomic E-state index is 12.0. The second-order valence-electron chi connectivity index (χ2n) is 4.83. The monoisotopic (exact) mass is 307 g/mol. The van der Waals surface area contributed by atoms with Gasteiger partial charge in [0.1, 0.15) is 0 Å². The standard InChI is InChI=1S/C13H14ClN5O2/c1-8(20)17-12-3-2-10(5-11(12)14)19-7-9(4-13(19)21)6-16-18-15/h2-3,5,9H,4,6-7H2,1H3,(H,17,20). The van der Waals surface area contributed by atoms with Gasteiger partial charge in [0, 0.05) is 37.0 Å². The Morgan fingerprint density at radius 3 is 3.00 bits per heavy atom. The van der Waals surface area contributed by atoms with Gasteiger partial charge in [-0.05, 0) is 29.6 Å². The highest BCUT2D eigenvalue weighted by Crippen LogP contribution is 2.31. The zero-order valence-electron chi connectivity index (χ0n) is 11.4. The maximum atomic E-state index is 12.0. The topological polar surface area (TPSA) is 98.2 Å². The fraction of sp³-hybridized carbons (Fsp3) is 0.385. The molecule has 1 aliphatic heterocycles. The van der Waals surface area contributed by atoms with Gasteiger partial charge in [-0.1, -0.05) is 16.7 Å². The molecule has 1 atom stereocenters. The summed E-state index contributed by atoms with van der Waals surface area (Å²) >= 11 is 6.10. The maximum Gasteiger partial charge on any atom is 0.227 e. The Morgan fingerprint density at radius 1 is 1.62 bits per heavy atom. The van der Waals surface area contributed by atoms with Crippen molar-refractivity contribution in [2.75, 3.05) is 23.3 Å². The fourth-order valence-electron chi connectivity index (χ4n) is 2.27. The number of amides is 2. The average Bonchev–Trinajstić information content (AvgIpc) is 2.79. The number of benzene rings is 1. The number of carbonyl (C=O) groups excluding carboxylic acids is 2. The lowest BCUT2D eigenvalue weighted by Crippen LogP contribution is -2.24. The summed E-state index contributed by atoms with van der Waals surface area (Å²) in [6, 6.07) is 5.03. The fourth-order valence-corrected chi connectivity index (χ4v) is 2.49. The van der Waals surface area contributed by atoms with Crippen LogP contribution >= 0.6 is 11.6 Å². The average molecular weight is 308 g/mol. The summed E-state index contributed by atoms with van der Waals surface area (Å²) in [6.07, 6.45) is 0.351. The lowest BCUT2D eigenvalue weighted by atomic mass is 10.1. The van der Waals surface area contributed by atoms with Crippen LogP contribution in [0.25, 0.3) is 10.4 Å². The first-order valence-corrected chi connectivity index (χ1v) is 6.77. The van der Waals surface area contributed by atoms with Crippen LogP contribution in [0.15, 0.2) is 23.3 Å². The van der Waals surface area contributed by atoms with E-state index in [0.29, 0.717) is 35.9 Å². The number of carbonyl (C=O) groups is 2. The zero-order valence-corrected chi connectivity index (χ0v) is 12.2. The molecule has 0 spiro atoms. The third kappa shape index (κ3) is 3.65. The van der Waals surface area contributed by atoms with Crippen molar-refractivity contribution in [1.29, 1.82) is 0 Å². The van der Waals surface area contributed by atoms with Crippen molar-refractivity contribution in [1.82, 2.24) is 0 Å². The summed E-state index contributed by atoms with van der Waals surface area (Å²) in [4.78, 5) is 27.3. The van der Waals surface area contributed by atoms with Crippen molar-refractivity contribution in [3.05, 3.63) is 33.7 Å². The summed E-state index contributed by atoms with van der Waals surface area (Å²) in [5, 5.41) is 6.49. The van der Waals surface area contributed by atoms with Crippen molar-refractivity contribution in [2.24, 2.45) is 11.0 Å². The van der Waals surface area contributed by atoms with Crippen LogP contribution in [0, 0.1) is 5.92 Å². The van der Waals surface area contributed by atoms with Crippen molar-refractivity contribution < 1.29 is 9.59 Å². The quantitative estimate of drug-likeness (QED) is 0.525. The molecule has 8 heteroatoms. The Balaban J connectivity index is 2.15. The Labute approximate surface area is 126 Å². The van der Waals surface area contributed by atoms with Crippen LogP contribution in [0.5, 0.6) is 0 Å². The molecule has 1 saturated heterocycles. The summed E-state index contributed by atoms with van der Waals surface area (Å²) in [5.41, 5.74) is 9.50. The predicted octanol–water partition coefficient (Wildman–Crippen LogP) is 2.96. The number of rotatable bonds is 4. The zero-order chi connectivity index (χ0) is 15.4. The molecule has 1 heterocycles. The van der Waals surface area contributed by atoms with E-state index in [0.717, 1.165) is 0 Å². The van der Waals surface area contributed by atoms with Crippen molar-refractivity contribution in [3.63, 3.8) is 0 Å². The van der Waals surface area contributed by atoms with E-state index >= 15 is 0 Å². The number of hydrogen-bond donors (Lipinski definition) is 1. The lowest BCUT2D eigenvalue weighted by Gasteiger charge is -2.18. The third-order valence-corrected chi connectivity index (χ3v) is 3.50. The first-order chi connectivity index (χ1) is 10.0. The van der Waals surface area contributed by atoms with Gasteiger partial charge in [0.25, 0.3) is 0 Å². The van der Waals surface area contributed by atoms with E-state index in [9.17, 15) is 9.59 Å². The van der Waals surface area contributed by atoms with Gasteiger partial charge < -0.3 is 10.2 Å². The minimum absolute atomic E-state index is 0.0159. The van der Waals surface area contributed by atoms with Crippen molar-refractivity contribution in [3.8, 4) is 0 Å². The molecule has 1 N–H and O–H groups in total. The van der Waals surface area contributed by atoms with Gasteiger partial charge in [0.15, 0.2) is 0 Å². The van der Waals surface area contributed by atoms with E-state index in [1.807, 2.05) is 0 Å². The molecule has 0 saturated carbocycles. The van der Waals surface area contributed by atoms with E-state index in [1.165, 1.54) is 6.92 Å². The van der Waals surface area contributed by atoms with Crippen molar-refractivity contribution in [2.45, 2.75) is 13.3 Å². The lowest BCUT2D eigenvalue weighted by molar-refractivity contribution is -0.117. The van der Waals surface area contributed by atoms with Gasteiger partial charge in [-0.2, -0.15) is 0 Å². The summed E-state index contributed by atoms with van der Waals surface area (Å²) in [7, 11) is 0. The highest BCUT2D eigenvalue weighted by Gasteiger charge is 2.30. The van der Waals surface area contributed by atoms with Crippen LogP contribution in [0.1, 0.15) is 13.3 Å². The third-order valence-electron chi connectivity index (χ3n) is 3.18. The molecular formula is C13H14ClN5O2. The molecule has 1 aromatic carbocycles. The molecular weight excluding hydrogens is 294 g/mol. The number of azide groups is 1. The smallest absolute Gasteiger partial charge is 0.227 e. The van der Waals surface area contributed by atoms with Gasteiger partial charge in [-0.3, -0.25) is 9.59 Å². The van der Waals surface area contributed by atoms with Gasteiger partial charge in [0.05, 0.1) is 10.7 Å². The Bertz CT molecular complexity index is 627. The van der Waals surface area contributed by atoms with Crippen LogP contribution in [-0.4, -0.2) is 24.9 Å². The van der Waals surface area contributed by atoms with Crippen LogP contribution < -0.4 is 10.2 Å². The van der Waals surface area contributed by atoms with Gasteiger partial charge >= 0.3 is 0 Å². The van der Waals surface area contributed by atoms with E-state index < -0.39 is 0 Å². The summed E-state index contributed by atoms with van der Waals surface area (Å²) < 4.78 is 0. The second kappa shape index (κ2) is 6.47. The van der Waals surface area contributed by atoms with Crippen LogP contribution in [0.4, 0.5) is 11.4 Å². The SMILES string of the molecule is CC(=O)Nc1ccc(N2CC(CN=[N+]=[N-])CC2=O)cc1Cl. The molecule has 1 unspecified atom stereocenters. The minimum atomic E-state index is -0.212. The minimum Gasteiger partial charge on any atom is -0.325 e. The van der Waals surface area contributed by atoms with Gasteiger partial charge in [0.2, 0.25) is 11.8 Å². The van der Waals surface area contributed by atoms with E-state index in [-0.39, 0.29) is 17.7 Å². The molecule has 1 aromatic rings. The van der Waals surface area contributed by atoms with E-state index in [4.69, 9.17) is 17.1 Å². The number of nitrogens with one attached hydrogen (secondary N) is 1. The largest absolute Gasteiger partial charge is 0.325 e. The molecule has 0 radical (unpaired) electrons. The molecule has 1 aliphatic rings. The van der Waals surface area contributed by atoms with E-state index in [2.05, 4.69) is 15.3 Å². The van der Waals surface area contributed by atoms with Crippen LogP contribution in [0.2, 0.25) is 5.02 Å². The molecule has 21 heavy (non-hydrogen) atoms. The number of anilines is 2. The highest BCUT2D eigenvalue weighted by atomic mass is 35.5. The Hall–Kier alpha value is -2.24. The molecule has 7 nitrogen and oxygen atoms in total. The first kappa shape index (κ1) is 15.2. The summed E-state index contributed by atoms with van der Waals surface area (Å²) in [6.45, 7) is 2.19. The number of halogens is 1. The van der Waals surface area contributed by atoms with Crippen LogP contribution in [-0.2, 0) is 9.59 Å². The molecule has 0 bridgehead atoms. The molecule has 110 valence electrons. The normalized spacial score (nSPS) is 17.5. The van der Waals surface area contributed by atoms with Crippen LogP contribution in [0.3, 0.4) is 0 Å². The second-order valence-corrected chi connectivity index (χ2v) is 5.24. The number of nitrogens with zero attached hydrogens (tertiary/aromatic N) is 4. The first-order valence-electron chi connectivity index (χ1n) is 6.39. The highest BCUT2D eigenvalue weighted by molar-refractivity contribution is 6.34. The number of hydrogen-bond acceptors (Lipinski definition) is 3. The molecule has 1 fully saturated rings. The van der Waals surface area contributed by atoms with Crippen molar-refractivity contribution >= 4 is 34.8 Å². The molecule has 0 aromatic heterocycles.